The highest BCUT2D eigenvalue weighted by Crippen LogP contribution is 2.10. The summed E-state index contributed by atoms with van der Waals surface area (Å²) in [5.41, 5.74) is 22.8. The van der Waals surface area contributed by atoms with Gasteiger partial charge in [-0.15, -0.1) is 0 Å². The van der Waals surface area contributed by atoms with Gasteiger partial charge in [-0.3, -0.25) is 38.6 Å². The molecule has 6 amide bonds. The molecular formula is C37H61N11O11. The standard InChI is InChI=1S/C37H61N11O11/c1-21(2)17-26(32(54)43-19-29(50)44-28(20-49)35(57)46-25(36(58)59)11-6-7-15-38)48-33(55)24(12-8-16-42-37(40)41)45-34(56)27(18-22-9-4-3-5-10-22)47-31(53)23(39)13-14-30(51)52/h3-5,9-10,21,23-28,49H,6-8,11-20,38-39H2,1-2H3,(H,43,54)(H,44,50)(H,45,56)(H,46,57)(H,47,53)(H,48,55)(H,51,52)(H,58,59)(H4,40,41,42)/t23-,24-,25-,26-,27-,28-/m0/s1. The van der Waals surface area contributed by atoms with Crippen molar-refractivity contribution in [2.45, 2.75) is 108 Å². The predicted molar refractivity (Wildman–Crippen MR) is 215 cm³/mol. The summed E-state index contributed by atoms with van der Waals surface area (Å²) in [6.07, 6.45) is 0.634. The molecule has 1 aromatic carbocycles. The Labute approximate surface area is 342 Å². The zero-order valence-corrected chi connectivity index (χ0v) is 33.5. The molecule has 22 heteroatoms. The molecule has 0 aliphatic carbocycles. The van der Waals surface area contributed by atoms with Gasteiger partial charge in [0.15, 0.2) is 5.96 Å². The first-order chi connectivity index (χ1) is 27.9. The minimum absolute atomic E-state index is 0.0272. The Bertz CT molecular complexity index is 1580. The van der Waals surface area contributed by atoms with Gasteiger partial charge in [0.2, 0.25) is 35.4 Å². The van der Waals surface area contributed by atoms with Crippen molar-refractivity contribution in [2.75, 3.05) is 26.2 Å². The molecule has 17 N–H and O–H groups in total. The van der Waals surface area contributed by atoms with E-state index in [0.29, 0.717) is 24.9 Å². The first kappa shape index (κ1) is 51.1. The summed E-state index contributed by atoms with van der Waals surface area (Å²) in [4.78, 5) is 106. The maximum Gasteiger partial charge on any atom is 0.326 e. The summed E-state index contributed by atoms with van der Waals surface area (Å²) in [6, 6.07) is 0.744. The Hall–Kier alpha value is -5.87. The van der Waals surface area contributed by atoms with Gasteiger partial charge in [-0.1, -0.05) is 44.2 Å². The Balaban J connectivity index is 3.18. The normalized spacial score (nSPS) is 13.9. The number of carbonyl (C=O) groups excluding carboxylic acids is 6. The lowest BCUT2D eigenvalue weighted by atomic mass is 10.0. The van der Waals surface area contributed by atoms with E-state index in [1.54, 1.807) is 44.2 Å². The number of hydrogen-bond donors (Lipinski definition) is 13. The maximum atomic E-state index is 13.8. The SMILES string of the molecule is CC(C)C[C@H](NC(=O)[C@H](CCCN=C(N)N)NC(=O)[C@H](Cc1ccccc1)NC(=O)[C@@H](N)CCC(=O)O)C(=O)NCC(=O)N[C@@H](CO)C(=O)N[C@@H](CCCCN)C(=O)O. The van der Waals surface area contributed by atoms with Crippen molar-refractivity contribution in [3.05, 3.63) is 35.9 Å². The minimum Gasteiger partial charge on any atom is -0.481 e. The zero-order valence-electron chi connectivity index (χ0n) is 33.5. The third-order valence-corrected chi connectivity index (χ3v) is 8.66. The van der Waals surface area contributed by atoms with Crippen LogP contribution < -0.4 is 54.8 Å². The molecule has 0 saturated heterocycles. The summed E-state index contributed by atoms with van der Waals surface area (Å²) in [6.45, 7) is 2.38. The van der Waals surface area contributed by atoms with Gasteiger partial charge < -0.3 is 70.2 Å². The number of carboxylic acids is 2. The van der Waals surface area contributed by atoms with Crippen LogP contribution in [0.15, 0.2) is 35.3 Å². The van der Waals surface area contributed by atoms with E-state index < -0.39 is 96.8 Å². The Morgan fingerprint density at radius 2 is 1.27 bits per heavy atom. The predicted octanol–water partition coefficient (Wildman–Crippen LogP) is -3.73. The second-order valence-corrected chi connectivity index (χ2v) is 14.2. The molecule has 0 fully saturated rings. The minimum atomic E-state index is -1.54. The maximum absolute atomic E-state index is 13.8. The van der Waals surface area contributed by atoms with E-state index in [0.717, 1.165) is 0 Å². The van der Waals surface area contributed by atoms with Crippen molar-refractivity contribution in [3.63, 3.8) is 0 Å². The molecule has 0 radical (unpaired) electrons. The summed E-state index contributed by atoms with van der Waals surface area (Å²) in [5.74, 6) is -7.88. The molecule has 0 aromatic heterocycles. The fraction of sp³-hybridized carbons (Fsp3) is 0.595. The van der Waals surface area contributed by atoms with Crippen LogP contribution in [0.25, 0.3) is 0 Å². The lowest BCUT2D eigenvalue weighted by Crippen LogP contribution is -2.58. The number of rotatable bonds is 29. The fourth-order valence-corrected chi connectivity index (χ4v) is 5.52. The fourth-order valence-electron chi connectivity index (χ4n) is 5.52. The number of aliphatic carboxylic acids is 2. The monoisotopic (exact) mass is 835 g/mol. The molecule has 59 heavy (non-hydrogen) atoms. The van der Waals surface area contributed by atoms with E-state index in [9.17, 15) is 48.6 Å². The lowest BCUT2D eigenvalue weighted by molar-refractivity contribution is -0.142. The van der Waals surface area contributed by atoms with Gasteiger partial charge in [-0.05, 0) is 63.0 Å². The van der Waals surface area contributed by atoms with Crippen LogP contribution in [-0.4, -0.2) is 131 Å². The van der Waals surface area contributed by atoms with Gasteiger partial charge in [0.05, 0.1) is 19.2 Å². The van der Waals surface area contributed by atoms with Crippen LogP contribution in [0.3, 0.4) is 0 Å². The van der Waals surface area contributed by atoms with Gasteiger partial charge in [-0.25, -0.2) is 4.79 Å². The molecule has 330 valence electrons. The van der Waals surface area contributed by atoms with Crippen LogP contribution in [0, 0.1) is 5.92 Å². The topological polar surface area (TPSA) is 386 Å². The van der Waals surface area contributed by atoms with Crippen LogP contribution in [0.2, 0.25) is 0 Å². The first-order valence-electron chi connectivity index (χ1n) is 19.3. The molecule has 0 aliphatic rings. The molecule has 0 unspecified atom stereocenters. The van der Waals surface area contributed by atoms with E-state index in [2.05, 4.69) is 36.9 Å². The Kier molecular flexibility index (Phi) is 24.0. The number of nitrogens with zero attached hydrogens (tertiary/aromatic N) is 1. The Morgan fingerprint density at radius 1 is 0.695 bits per heavy atom. The highest BCUT2D eigenvalue weighted by atomic mass is 16.4. The highest BCUT2D eigenvalue weighted by molar-refractivity contribution is 5.96. The van der Waals surface area contributed by atoms with Crippen molar-refractivity contribution < 1.29 is 53.7 Å². The molecule has 0 spiro atoms. The van der Waals surface area contributed by atoms with Crippen molar-refractivity contribution in [3.8, 4) is 0 Å². The molecule has 22 nitrogen and oxygen atoms in total. The van der Waals surface area contributed by atoms with E-state index in [4.69, 9.17) is 28.0 Å². The van der Waals surface area contributed by atoms with E-state index >= 15 is 0 Å². The number of guanidine groups is 1. The number of hydrogen-bond acceptors (Lipinski definition) is 12. The zero-order chi connectivity index (χ0) is 44.5. The molecule has 1 aromatic rings. The smallest absolute Gasteiger partial charge is 0.326 e. The van der Waals surface area contributed by atoms with Crippen molar-refractivity contribution >= 4 is 53.3 Å². The van der Waals surface area contributed by atoms with Crippen LogP contribution >= 0.6 is 0 Å². The van der Waals surface area contributed by atoms with E-state index in [1.165, 1.54) is 0 Å². The molecular weight excluding hydrogens is 774 g/mol. The molecule has 6 atom stereocenters. The van der Waals surface area contributed by atoms with Gasteiger partial charge >= 0.3 is 11.9 Å². The number of unbranched alkanes of at least 4 members (excludes halogenated alkanes) is 1. The number of aliphatic imine (C=N–C) groups is 1. The van der Waals surface area contributed by atoms with E-state index in [1.807, 2.05) is 0 Å². The number of nitrogens with two attached hydrogens (primary N) is 4. The van der Waals surface area contributed by atoms with Crippen molar-refractivity contribution in [2.24, 2.45) is 33.8 Å². The summed E-state index contributed by atoms with van der Waals surface area (Å²) in [5, 5.41) is 42.9. The summed E-state index contributed by atoms with van der Waals surface area (Å²) >= 11 is 0. The van der Waals surface area contributed by atoms with Crippen LogP contribution in [0.5, 0.6) is 0 Å². The van der Waals surface area contributed by atoms with Crippen LogP contribution in [0.4, 0.5) is 0 Å². The summed E-state index contributed by atoms with van der Waals surface area (Å²) in [7, 11) is 0. The molecule has 0 bridgehead atoms. The van der Waals surface area contributed by atoms with Crippen LogP contribution in [-0.2, 0) is 44.8 Å². The third-order valence-electron chi connectivity index (χ3n) is 8.66. The number of carbonyl (C=O) groups is 8. The number of nitrogens with one attached hydrogen (secondary N) is 6. The van der Waals surface area contributed by atoms with Gasteiger partial charge in [0.25, 0.3) is 0 Å². The second kappa shape index (κ2) is 27.7. The first-order valence-corrected chi connectivity index (χ1v) is 19.3. The number of amides is 6. The Morgan fingerprint density at radius 3 is 1.85 bits per heavy atom. The van der Waals surface area contributed by atoms with E-state index in [-0.39, 0.29) is 63.4 Å². The number of aliphatic hydroxyl groups is 1. The molecule has 0 saturated carbocycles. The summed E-state index contributed by atoms with van der Waals surface area (Å²) < 4.78 is 0. The largest absolute Gasteiger partial charge is 0.481 e. The second-order valence-electron chi connectivity index (χ2n) is 14.2. The number of benzene rings is 1. The molecule has 0 aliphatic heterocycles. The third kappa shape index (κ3) is 21.5. The quantitative estimate of drug-likeness (QED) is 0.0210. The molecule has 1 rings (SSSR count). The average Bonchev–Trinajstić information content (AvgIpc) is 3.17. The number of carboxylic acid groups (broad SMARTS) is 2. The van der Waals surface area contributed by atoms with Crippen molar-refractivity contribution in [1.29, 1.82) is 0 Å². The van der Waals surface area contributed by atoms with Gasteiger partial charge in [-0.2, -0.15) is 0 Å². The van der Waals surface area contributed by atoms with Gasteiger partial charge in [0.1, 0.15) is 30.2 Å². The highest BCUT2D eigenvalue weighted by Gasteiger charge is 2.32. The lowest BCUT2D eigenvalue weighted by Gasteiger charge is -2.26. The van der Waals surface area contributed by atoms with Gasteiger partial charge in [0, 0.05) is 19.4 Å². The average molecular weight is 836 g/mol. The number of aliphatic hydroxyl groups excluding tert-OH is 1. The van der Waals surface area contributed by atoms with Crippen molar-refractivity contribution in [1.82, 2.24) is 31.9 Å². The van der Waals surface area contributed by atoms with Crippen LogP contribution in [0.1, 0.15) is 70.8 Å². The molecule has 0 heterocycles.